The summed E-state index contributed by atoms with van der Waals surface area (Å²) in [6.07, 6.45) is 1.77. The third-order valence-corrected chi connectivity index (χ3v) is 4.91. The van der Waals surface area contributed by atoms with Gasteiger partial charge in [0.2, 0.25) is 5.91 Å². The average Bonchev–Trinajstić information content (AvgIpc) is 3.44. The van der Waals surface area contributed by atoms with Gasteiger partial charge in [-0.3, -0.25) is 4.79 Å². The van der Waals surface area contributed by atoms with Gasteiger partial charge in [0.05, 0.1) is 13.0 Å². The largest absolute Gasteiger partial charge is 0.497 e. The molecule has 25 heavy (non-hydrogen) atoms. The summed E-state index contributed by atoms with van der Waals surface area (Å²) in [5, 5.41) is 11.4. The quantitative estimate of drug-likeness (QED) is 0.874. The van der Waals surface area contributed by atoms with Gasteiger partial charge in [0, 0.05) is 6.04 Å². The Morgan fingerprint density at radius 3 is 2.36 bits per heavy atom. The molecule has 1 fully saturated rings. The topological polar surface area (TPSA) is 66.8 Å². The first-order valence-electron chi connectivity index (χ1n) is 8.55. The van der Waals surface area contributed by atoms with Gasteiger partial charge in [0.15, 0.2) is 0 Å². The minimum atomic E-state index is -0.960. The van der Waals surface area contributed by atoms with Gasteiger partial charge in [-0.15, -0.1) is 0 Å². The molecule has 132 valence electrons. The third-order valence-electron chi connectivity index (χ3n) is 4.91. The molecule has 0 saturated heterocycles. The van der Waals surface area contributed by atoms with Crippen LogP contribution >= 0.6 is 0 Å². The van der Waals surface area contributed by atoms with E-state index < -0.39 is 12.0 Å². The van der Waals surface area contributed by atoms with Gasteiger partial charge in [0.25, 0.3) is 0 Å². The van der Waals surface area contributed by atoms with E-state index in [1.54, 1.807) is 18.9 Å². The van der Waals surface area contributed by atoms with E-state index in [9.17, 15) is 14.7 Å². The standard InChI is InChI=1S/C20H23NO4/c1-12(19(22)21(17-7-8-17)13(2)20(23)24)14-4-5-16-11-18(25-3)9-6-15(16)10-14/h4-6,9-13,17H,7-8H2,1-3H3,(H,23,24). The second-order valence-electron chi connectivity index (χ2n) is 6.69. The summed E-state index contributed by atoms with van der Waals surface area (Å²) in [6, 6.07) is 11.0. The molecule has 2 aromatic rings. The van der Waals surface area contributed by atoms with E-state index in [2.05, 4.69) is 0 Å². The average molecular weight is 341 g/mol. The first kappa shape index (κ1) is 17.3. The molecule has 1 amide bonds. The number of carbonyl (C=O) groups is 2. The van der Waals surface area contributed by atoms with E-state index in [0.717, 1.165) is 34.9 Å². The van der Waals surface area contributed by atoms with Crippen LogP contribution < -0.4 is 4.74 Å². The molecule has 0 bridgehead atoms. The van der Waals surface area contributed by atoms with Crippen molar-refractivity contribution < 1.29 is 19.4 Å². The fourth-order valence-corrected chi connectivity index (χ4v) is 3.16. The number of fused-ring (bicyclic) bond motifs is 1. The van der Waals surface area contributed by atoms with Crippen LogP contribution in [0, 0.1) is 0 Å². The number of methoxy groups -OCH3 is 1. The van der Waals surface area contributed by atoms with Crippen molar-refractivity contribution in [1.29, 1.82) is 0 Å². The monoisotopic (exact) mass is 341 g/mol. The molecule has 1 aliphatic rings. The molecule has 2 atom stereocenters. The summed E-state index contributed by atoms with van der Waals surface area (Å²) >= 11 is 0. The molecule has 2 aromatic carbocycles. The van der Waals surface area contributed by atoms with Crippen molar-refractivity contribution in [2.75, 3.05) is 7.11 Å². The van der Waals surface area contributed by atoms with Crippen molar-refractivity contribution in [3.05, 3.63) is 42.0 Å². The van der Waals surface area contributed by atoms with Crippen LogP contribution in [0.1, 0.15) is 38.2 Å². The van der Waals surface area contributed by atoms with Crippen LogP contribution in [-0.2, 0) is 9.59 Å². The number of nitrogens with zero attached hydrogens (tertiary/aromatic N) is 1. The number of benzene rings is 2. The number of carboxylic acid groups (broad SMARTS) is 1. The number of aliphatic carboxylic acids is 1. The highest BCUT2D eigenvalue weighted by molar-refractivity contribution is 5.90. The Kier molecular flexibility index (Phi) is 4.66. The van der Waals surface area contributed by atoms with Gasteiger partial charge < -0.3 is 14.7 Å². The molecule has 1 saturated carbocycles. The smallest absolute Gasteiger partial charge is 0.326 e. The van der Waals surface area contributed by atoms with Crippen molar-refractivity contribution in [1.82, 2.24) is 4.90 Å². The molecule has 0 heterocycles. The van der Waals surface area contributed by atoms with Crippen molar-refractivity contribution in [2.24, 2.45) is 0 Å². The predicted molar refractivity (Wildman–Crippen MR) is 95.9 cm³/mol. The molecule has 3 rings (SSSR count). The summed E-state index contributed by atoms with van der Waals surface area (Å²) in [7, 11) is 1.63. The lowest BCUT2D eigenvalue weighted by Gasteiger charge is -2.29. The fraction of sp³-hybridized carbons (Fsp3) is 0.400. The molecular formula is C20H23NO4. The van der Waals surface area contributed by atoms with Crippen LogP contribution in [0.5, 0.6) is 5.75 Å². The summed E-state index contributed by atoms with van der Waals surface area (Å²) in [4.78, 5) is 25.9. The minimum Gasteiger partial charge on any atom is -0.497 e. The Morgan fingerprint density at radius 2 is 1.76 bits per heavy atom. The van der Waals surface area contributed by atoms with Gasteiger partial charge in [0.1, 0.15) is 11.8 Å². The van der Waals surface area contributed by atoms with Gasteiger partial charge in [-0.05, 0) is 55.2 Å². The van der Waals surface area contributed by atoms with Crippen molar-refractivity contribution in [2.45, 2.75) is 44.7 Å². The lowest BCUT2D eigenvalue weighted by molar-refractivity contribution is -0.150. The maximum absolute atomic E-state index is 13.0. The SMILES string of the molecule is COc1ccc2cc(C(C)C(=O)N(C3CC3)C(C)C(=O)O)ccc2c1. The minimum absolute atomic E-state index is 0.0609. The molecule has 1 N–H and O–H groups in total. The highest BCUT2D eigenvalue weighted by Crippen LogP contribution is 2.33. The van der Waals surface area contributed by atoms with E-state index in [-0.39, 0.29) is 17.9 Å². The Balaban J connectivity index is 1.88. The molecule has 2 unspecified atom stereocenters. The summed E-state index contributed by atoms with van der Waals surface area (Å²) in [5.41, 5.74) is 0.894. The number of hydrogen-bond donors (Lipinski definition) is 1. The molecule has 1 aliphatic carbocycles. The predicted octanol–water partition coefficient (Wildman–Crippen LogP) is 3.42. The summed E-state index contributed by atoms with van der Waals surface area (Å²) < 4.78 is 5.24. The number of carboxylic acids is 1. The van der Waals surface area contributed by atoms with Gasteiger partial charge in [-0.25, -0.2) is 4.79 Å². The number of hydrogen-bond acceptors (Lipinski definition) is 3. The van der Waals surface area contributed by atoms with Crippen LogP contribution in [0.25, 0.3) is 10.8 Å². The highest BCUT2D eigenvalue weighted by atomic mass is 16.5. The third kappa shape index (κ3) is 3.45. The number of amides is 1. The van der Waals surface area contributed by atoms with E-state index in [0.29, 0.717) is 0 Å². The number of ether oxygens (including phenoxy) is 1. The normalized spacial score (nSPS) is 16.3. The Labute approximate surface area is 147 Å². The lowest BCUT2D eigenvalue weighted by Crippen LogP contribution is -2.46. The van der Waals surface area contributed by atoms with Crippen LogP contribution in [0.3, 0.4) is 0 Å². The molecule has 0 radical (unpaired) electrons. The second-order valence-corrected chi connectivity index (χ2v) is 6.69. The Morgan fingerprint density at radius 1 is 1.12 bits per heavy atom. The van der Waals surface area contributed by atoms with Gasteiger partial charge in [-0.1, -0.05) is 24.3 Å². The zero-order chi connectivity index (χ0) is 18.1. The van der Waals surface area contributed by atoms with Crippen LogP contribution in [0.2, 0.25) is 0 Å². The molecule has 0 spiro atoms. The van der Waals surface area contributed by atoms with Gasteiger partial charge >= 0.3 is 5.97 Å². The van der Waals surface area contributed by atoms with E-state index in [1.807, 2.05) is 43.3 Å². The van der Waals surface area contributed by atoms with Crippen molar-refractivity contribution >= 4 is 22.6 Å². The second kappa shape index (κ2) is 6.75. The molecular weight excluding hydrogens is 318 g/mol. The zero-order valence-corrected chi connectivity index (χ0v) is 14.7. The van der Waals surface area contributed by atoms with E-state index in [1.165, 1.54) is 0 Å². The number of carbonyl (C=O) groups excluding carboxylic acids is 1. The van der Waals surface area contributed by atoms with Crippen LogP contribution in [0.15, 0.2) is 36.4 Å². The fourth-order valence-electron chi connectivity index (χ4n) is 3.16. The van der Waals surface area contributed by atoms with Gasteiger partial charge in [-0.2, -0.15) is 0 Å². The summed E-state index contributed by atoms with van der Waals surface area (Å²) in [5.74, 6) is -0.670. The maximum atomic E-state index is 13.0. The molecule has 5 nitrogen and oxygen atoms in total. The lowest BCUT2D eigenvalue weighted by atomic mass is 9.96. The first-order valence-corrected chi connectivity index (χ1v) is 8.55. The maximum Gasteiger partial charge on any atom is 0.326 e. The zero-order valence-electron chi connectivity index (χ0n) is 14.7. The van der Waals surface area contributed by atoms with Crippen molar-refractivity contribution in [3.63, 3.8) is 0 Å². The Bertz CT molecular complexity index is 812. The van der Waals surface area contributed by atoms with Crippen LogP contribution in [-0.4, -0.2) is 41.1 Å². The molecule has 5 heteroatoms. The van der Waals surface area contributed by atoms with E-state index in [4.69, 9.17) is 4.74 Å². The highest BCUT2D eigenvalue weighted by Gasteiger charge is 2.40. The molecule has 0 aliphatic heterocycles. The molecule has 0 aromatic heterocycles. The summed E-state index contributed by atoms with van der Waals surface area (Å²) in [6.45, 7) is 3.43. The van der Waals surface area contributed by atoms with Crippen LogP contribution in [0.4, 0.5) is 0 Å². The Hall–Kier alpha value is -2.56. The first-order chi connectivity index (χ1) is 11.9. The van der Waals surface area contributed by atoms with Crippen molar-refractivity contribution in [3.8, 4) is 5.75 Å². The number of rotatable bonds is 6. The van der Waals surface area contributed by atoms with E-state index >= 15 is 0 Å².